The van der Waals surface area contributed by atoms with E-state index in [0.29, 0.717) is 11.6 Å². The van der Waals surface area contributed by atoms with Crippen molar-refractivity contribution >= 4 is 32.6 Å². The number of anilines is 1. The van der Waals surface area contributed by atoms with E-state index in [1.54, 1.807) is 13.2 Å². The summed E-state index contributed by atoms with van der Waals surface area (Å²) in [6.07, 6.45) is 0.659. The molecule has 0 bridgehead atoms. The maximum absolute atomic E-state index is 12.6. The molecular formula is C23H22N2O3S. The van der Waals surface area contributed by atoms with Crippen molar-refractivity contribution in [1.29, 1.82) is 0 Å². The van der Waals surface area contributed by atoms with Crippen LogP contribution in [-0.4, -0.2) is 18.0 Å². The summed E-state index contributed by atoms with van der Waals surface area (Å²) in [6.45, 7) is 6.30. The number of furan rings is 1. The Kier molecular flexibility index (Phi) is 5.11. The average Bonchev–Trinajstić information content (AvgIpc) is 3.30. The first-order valence-corrected chi connectivity index (χ1v) is 10.2. The number of thiazole rings is 1. The Hall–Kier alpha value is -3.12. The Labute approximate surface area is 173 Å². The molecule has 0 saturated carbocycles. The largest absolute Gasteiger partial charge is 0.497 e. The van der Waals surface area contributed by atoms with Crippen LogP contribution < -0.4 is 10.1 Å². The molecule has 4 aromatic rings. The highest BCUT2D eigenvalue weighted by atomic mass is 32.1. The topological polar surface area (TPSA) is 64.4 Å². The van der Waals surface area contributed by atoms with Gasteiger partial charge in [0.2, 0.25) is 0 Å². The number of benzene rings is 2. The molecule has 2 aromatic carbocycles. The van der Waals surface area contributed by atoms with E-state index in [0.717, 1.165) is 21.7 Å². The third-order valence-corrected chi connectivity index (χ3v) is 5.83. The third kappa shape index (κ3) is 4.03. The van der Waals surface area contributed by atoms with Crippen LogP contribution in [0, 0.1) is 20.8 Å². The predicted octanol–water partition coefficient (Wildman–Crippen LogP) is 5.67. The number of carbonyl (C=O) groups excluding carboxylic acids is 1. The Balaban J connectivity index is 1.50. The molecule has 6 heteroatoms. The number of ether oxygens (including phenoxy) is 1. The molecule has 0 saturated heterocycles. The first-order valence-electron chi connectivity index (χ1n) is 9.34. The molecule has 0 aliphatic rings. The van der Waals surface area contributed by atoms with Crippen LogP contribution >= 0.6 is 11.3 Å². The van der Waals surface area contributed by atoms with Crippen LogP contribution in [0.1, 0.15) is 38.6 Å². The summed E-state index contributed by atoms with van der Waals surface area (Å²) in [5.74, 6) is 1.49. The van der Waals surface area contributed by atoms with Gasteiger partial charge in [0.15, 0.2) is 10.9 Å². The van der Waals surface area contributed by atoms with E-state index in [4.69, 9.17) is 9.15 Å². The molecule has 0 aliphatic carbocycles. The normalized spacial score (nSPS) is 11.0. The molecule has 2 heterocycles. The standard InChI is InChI=1S/C23H22N2O3S/c1-13-9-14(2)18(15(3)10-13)11-17-6-8-20(28-17)22(26)25-23-24-19-7-5-16(27-4)12-21(19)29-23/h5-10,12H,11H2,1-4H3,(H,24,25,26). The van der Waals surface area contributed by atoms with Crippen molar-refractivity contribution in [2.45, 2.75) is 27.2 Å². The molecule has 1 N–H and O–H groups in total. The molecule has 0 unspecified atom stereocenters. The van der Waals surface area contributed by atoms with Crippen LogP contribution in [0.25, 0.3) is 10.2 Å². The van der Waals surface area contributed by atoms with Gasteiger partial charge in [-0.3, -0.25) is 10.1 Å². The molecule has 1 amide bonds. The summed E-state index contributed by atoms with van der Waals surface area (Å²) in [4.78, 5) is 17.0. The summed E-state index contributed by atoms with van der Waals surface area (Å²) < 4.78 is 12.0. The average molecular weight is 407 g/mol. The lowest BCUT2D eigenvalue weighted by Crippen LogP contribution is -2.10. The van der Waals surface area contributed by atoms with Crippen LogP contribution in [0.3, 0.4) is 0 Å². The molecule has 0 atom stereocenters. The van der Waals surface area contributed by atoms with E-state index in [1.807, 2.05) is 24.3 Å². The van der Waals surface area contributed by atoms with Crippen molar-refractivity contribution in [3.05, 3.63) is 76.2 Å². The molecule has 29 heavy (non-hydrogen) atoms. The molecule has 5 nitrogen and oxygen atoms in total. The second-order valence-corrected chi connectivity index (χ2v) is 8.16. The molecular weight excluding hydrogens is 384 g/mol. The summed E-state index contributed by atoms with van der Waals surface area (Å²) in [5, 5.41) is 3.36. The molecule has 0 radical (unpaired) electrons. The van der Waals surface area contributed by atoms with Crippen molar-refractivity contribution in [3.63, 3.8) is 0 Å². The summed E-state index contributed by atoms with van der Waals surface area (Å²) in [7, 11) is 1.62. The third-order valence-electron chi connectivity index (χ3n) is 4.89. The first-order chi connectivity index (χ1) is 13.9. The van der Waals surface area contributed by atoms with E-state index in [2.05, 4.69) is 43.2 Å². The smallest absolute Gasteiger partial charge is 0.293 e. The SMILES string of the molecule is COc1ccc2nc(NC(=O)c3ccc(Cc4c(C)cc(C)cc4C)o3)sc2c1. The van der Waals surface area contributed by atoms with Crippen LogP contribution in [0.5, 0.6) is 5.75 Å². The number of nitrogens with zero attached hydrogens (tertiary/aromatic N) is 1. The van der Waals surface area contributed by atoms with Gasteiger partial charge >= 0.3 is 0 Å². The Bertz CT molecular complexity index is 1180. The second kappa shape index (κ2) is 7.72. The second-order valence-electron chi connectivity index (χ2n) is 7.13. The minimum absolute atomic E-state index is 0.277. The van der Waals surface area contributed by atoms with Gasteiger partial charge in [-0.1, -0.05) is 29.0 Å². The van der Waals surface area contributed by atoms with E-state index in [1.165, 1.54) is 33.6 Å². The molecule has 0 fully saturated rings. The monoisotopic (exact) mass is 406 g/mol. The maximum Gasteiger partial charge on any atom is 0.293 e. The minimum Gasteiger partial charge on any atom is -0.497 e. The van der Waals surface area contributed by atoms with Crippen LogP contribution in [0.15, 0.2) is 46.9 Å². The first kappa shape index (κ1) is 19.2. The maximum atomic E-state index is 12.6. The van der Waals surface area contributed by atoms with Gasteiger partial charge < -0.3 is 9.15 Å². The van der Waals surface area contributed by atoms with Crippen LogP contribution in [0.4, 0.5) is 5.13 Å². The highest BCUT2D eigenvalue weighted by molar-refractivity contribution is 7.22. The summed E-state index contributed by atoms with van der Waals surface area (Å²) >= 11 is 1.40. The zero-order chi connectivity index (χ0) is 20.5. The number of hydrogen-bond donors (Lipinski definition) is 1. The van der Waals surface area contributed by atoms with Gasteiger partial charge in [0, 0.05) is 6.42 Å². The Morgan fingerprint density at radius 3 is 2.59 bits per heavy atom. The fourth-order valence-electron chi connectivity index (χ4n) is 3.50. The van der Waals surface area contributed by atoms with E-state index >= 15 is 0 Å². The van der Waals surface area contributed by atoms with Crippen molar-refractivity contribution in [3.8, 4) is 5.75 Å². The number of hydrogen-bond acceptors (Lipinski definition) is 5. The number of methoxy groups -OCH3 is 1. The van der Waals surface area contributed by atoms with Gasteiger partial charge in [0.25, 0.3) is 5.91 Å². The molecule has 0 aliphatic heterocycles. The van der Waals surface area contributed by atoms with E-state index in [-0.39, 0.29) is 11.7 Å². The predicted molar refractivity (Wildman–Crippen MR) is 116 cm³/mol. The highest BCUT2D eigenvalue weighted by Crippen LogP contribution is 2.29. The zero-order valence-corrected chi connectivity index (χ0v) is 17.6. The number of aryl methyl sites for hydroxylation is 3. The number of rotatable bonds is 5. The molecule has 0 spiro atoms. The van der Waals surface area contributed by atoms with Crippen molar-refractivity contribution < 1.29 is 13.9 Å². The molecule has 4 rings (SSSR count). The molecule has 2 aromatic heterocycles. The fourth-order valence-corrected chi connectivity index (χ4v) is 4.39. The number of fused-ring (bicyclic) bond motifs is 1. The lowest BCUT2D eigenvalue weighted by molar-refractivity contribution is 0.0995. The lowest BCUT2D eigenvalue weighted by atomic mass is 9.97. The Morgan fingerprint density at radius 2 is 1.86 bits per heavy atom. The van der Waals surface area contributed by atoms with Crippen molar-refractivity contribution in [2.75, 3.05) is 12.4 Å². The van der Waals surface area contributed by atoms with Gasteiger partial charge in [-0.05, 0) is 67.8 Å². The van der Waals surface area contributed by atoms with Crippen molar-refractivity contribution in [1.82, 2.24) is 4.98 Å². The van der Waals surface area contributed by atoms with Crippen LogP contribution in [-0.2, 0) is 6.42 Å². The van der Waals surface area contributed by atoms with Gasteiger partial charge in [-0.25, -0.2) is 4.98 Å². The fraction of sp³-hybridized carbons (Fsp3) is 0.217. The lowest BCUT2D eigenvalue weighted by Gasteiger charge is -2.09. The van der Waals surface area contributed by atoms with E-state index < -0.39 is 0 Å². The van der Waals surface area contributed by atoms with Gasteiger partial charge in [0.1, 0.15) is 11.5 Å². The van der Waals surface area contributed by atoms with Crippen molar-refractivity contribution in [2.24, 2.45) is 0 Å². The van der Waals surface area contributed by atoms with Gasteiger partial charge in [0.05, 0.1) is 17.3 Å². The number of nitrogens with one attached hydrogen (secondary N) is 1. The highest BCUT2D eigenvalue weighted by Gasteiger charge is 2.15. The number of aromatic nitrogens is 1. The minimum atomic E-state index is -0.306. The summed E-state index contributed by atoms with van der Waals surface area (Å²) in [5.41, 5.74) is 5.76. The van der Waals surface area contributed by atoms with Gasteiger partial charge in [-0.15, -0.1) is 0 Å². The zero-order valence-electron chi connectivity index (χ0n) is 16.8. The van der Waals surface area contributed by atoms with Crippen LogP contribution in [0.2, 0.25) is 0 Å². The van der Waals surface area contributed by atoms with E-state index in [9.17, 15) is 4.79 Å². The van der Waals surface area contributed by atoms with Gasteiger partial charge in [-0.2, -0.15) is 0 Å². The quantitative estimate of drug-likeness (QED) is 0.464. The number of carbonyl (C=O) groups is 1. The summed E-state index contributed by atoms with van der Waals surface area (Å²) in [6, 6.07) is 13.5. The molecule has 148 valence electrons. The Morgan fingerprint density at radius 1 is 1.10 bits per heavy atom. The number of amides is 1.